The molecular weight excluding hydrogens is 392 g/mol. The third kappa shape index (κ3) is 3.33. The van der Waals surface area contributed by atoms with Crippen LogP contribution < -0.4 is 5.32 Å². The fourth-order valence-corrected chi connectivity index (χ4v) is 3.66. The first-order chi connectivity index (χ1) is 15.1. The molecule has 8 heteroatoms. The van der Waals surface area contributed by atoms with Crippen LogP contribution in [0.15, 0.2) is 67.0 Å². The molecule has 5 aromatic rings. The summed E-state index contributed by atoms with van der Waals surface area (Å²) in [7, 11) is 1.87. The highest BCUT2D eigenvalue weighted by atomic mass is 16.2. The third-order valence-corrected chi connectivity index (χ3v) is 5.20. The smallest absolute Gasteiger partial charge is 0.287 e. The van der Waals surface area contributed by atoms with E-state index in [4.69, 9.17) is 0 Å². The number of carbonyl (C=O) groups excluding carboxylic acids is 2. The summed E-state index contributed by atoms with van der Waals surface area (Å²) in [5.74, 6) is -0.305. The van der Waals surface area contributed by atoms with Gasteiger partial charge in [0.25, 0.3) is 5.91 Å². The fraction of sp³-hybridized carbons (Fsp3) is 0.0870. The van der Waals surface area contributed by atoms with Crippen molar-refractivity contribution < 1.29 is 9.59 Å². The number of rotatable bonds is 5. The van der Waals surface area contributed by atoms with Crippen LogP contribution in [0.2, 0.25) is 0 Å². The van der Waals surface area contributed by atoms with Gasteiger partial charge < -0.3 is 15.1 Å². The molecule has 0 fully saturated rings. The van der Waals surface area contributed by atoms with Crippen LogP contribution in [0, 0.1) is 0 Å². The molecule has 5 rings (SSSR count). The largest absolute Gasteiger partial charge is 0.336 e. The first kappa shape index (κ1) is 18.7. The maximum Gasteiger partial charge on any atom is 0.287 e. The Morgan fingerprint density at radius 2 is 1.90 bits per heavy atom. The van der Waals surface area contributed by atoms with E-state index in [1.165, 1.54) is 0 Å². The van der Waals surface area contributed by atoms with Crippen LogP contribution in [-0.2, 0) is 11.8 Å². The maximum absolute atomic E-state index is 12.8. The van der Waals surface area contributed by atoms with Crippen LogP contribution in [0.5, 0.6) is 0 Å². The van der Waals surface area contributed by atoms with Gasteiger partial charge in [0, 0.05) is 30.4 Å². The van der Waals surface area contributed by atoms with Gasteiger partial charge in [0.15, 0.2) is 5.82 Å². The molecule has 1 atom stereocenters. The first-order valence-electron chi connectivity index (χ1n) is 9.72. The van der Waals surface area contributed by atoms with E-state index < -0.39 is 11.9 Å². The lowest BCUT2D eigenvalue weighted by molar-refractivity contribution is -0.109. The van der Waals surface area contributed by atoms with Crippen LogP contribution in [0.1, 0.15) is 22.2 Å². The molecule has 2 aromatic carbocycles. The normalized spacial score (nSPS) is 12.2. The summed E-state index contributed by atoms with van der Waals surface area (Å²) >= 11 is 0. The summed E-state index contributed by atoms with van der Waals surface area (Å²) in [6, 6.07) is 16.0. The van der Waals surface area contributed by atoms with Gasteiger partial charge in [-0.15, -0.1) is 0 Å². The molecule has 0 radical (unpaired) electrons. The van der Waals surface area contributed by atoms with E-state index in [9.17, 15) is 9.59 Å². The van der Waals surface area contributed by atoms with Gasteiger partial charge in [-0.05, 0) is 29.8 Å². The zero-order valence-electron chi connectivity index (χ0n) is 16.6. The highest BCUT2D eigenvalue weighted by Crippen LogP contribution is 2.30. The predicted molar refractivity (Wildman–Crippen MR) is 116 cm³/mol. The summed E-state index contributed by atoms with van der Waals surface area (Å²) in [4.78, 5) is 35.8. The molecule has 0 saturated carbocycles. The van der Waals surface area contributed by atoms with Crippen molar-refractivity contribution in [2.24, 2.45) is 7.05 Å². The van der Waals surface area contributed by atoms with E-state index in [2.05, 4.69) is 25.4 Å². The van der Waals surface area contributed by atoms with Gasteiger partial charge in [-0.1, -0.05) is 30.3 Å². The maximum atomic E-state index is 12.8. The second kappa shape index (κ2) is 7.49. The average Bonchev–Trinajstić information content (AvgIpc) is 3.38. The van der Waals surface area contributed by atoms with E-state index in [-0.39, 0.29) is 5.82 Å². The van der Waals surface area contributed by atoms with E-state index in [0.717, 1.165) is 22.2 Å². The van der Waals surface area contributed by atoms with Crippen molar-refractivity contribution in [2.45, 2.75) is 6.04 Å². The first-order valence-corrected chi connectivity index (χ1v) is 9.72. The Morgan fingerprint density at radius 3 is 2.65 bits per heavy atom. The molecule has 0 aliphatic rings. The Hall–Kier alpha value is -4.33. The highest BCUT2D eigenvalue weighted by molar-refractivity contribution is 6.03. The summed E-state index contributed by atoms with van der Waals surface area (Å²) in [6.07, 6.45) is 4.15. The van der Waals surface area contributed by atoms with Crippen LogP contribution in [0.3, 0.4) is 0 Å². The topological polar surface area (TPSA) is 106 Å². The number of hydrogen-bond donors (Lipinski definition) is 2. The molecule has 0 aliphatic carbocycles. The van der Waals surface area contributed by atoms with Gasteiger partial charge in [0.2, 0.25) is 0 Å². The molecule has 1 amide bonds. The van der Waals surface area contributed by atoms with Crippen molar-refractivity contribution in [3.05, 3.63) is 78.4 Å². The zero-order chi connectivity index (χ0) is 21.4. The van der Waals surface area contributed by atoms with Crippen molar-refractivity contribution in [3.8, 4) is 11.3 Å². The Kier molecular flexibility index (Phi) is 4.51. The average molecular weight is 410 g/mol. The minimum atomic E-state index is -0.747. The minimum Gasteiger partial charge on any atom is -0.336 e. The predicted octanol–water partition coefficient (Wildman–Crippen LogP) is 3.18. The standard InChI is InChI=1S/C23H18N6O2/c1-29-20-12-18-17(11-16(20)21(28-29)15-7-9-24-10-8-15)25-22(26-18)23(31)27-19(13-30)14-5-3-2-4-6-14/h2-13,19H,1H3,(H,25,26)(H,27,31)/t19-/m1/s1. The van der Waals surface area contributed by atoms with Crippen molar-refractivity contribution in [1.82, 2.24) is 30.0 Å². The number of benzene rings is 2. The number of carbonyl (C=O) groups is 2. The molecule has 0 unspecified atom stereocenters. The lowest BCUT2D eigenvalue weighted by Crippen LogP contribution is -2.30. The molecule has 0 bridgehead atoms. The van der Waals surface area contributed by atoms with Crippen molar-refractivity contribution in [3.63, 3.8) is 0 Å². The minimum absolute atomic E-state index is 0.145. The molecule has 152 valence electrons. The Balaban J connectivity index is 1.52. The molecule has 3 aromatic heterocycles. The Labute approximate surface area is 176 Å². The van der Waals surface area contributed by atoms with Gasteiger partial charge in [-0.3, -0.25) is 14.5 Å². The summed E-state index contributed by atoms with van der Waals surface area (Å²) in [6.45, 7) is 0. The second-order valence-corrected chi connectivity index (χ2v) is 7.18. The quantitative estimate of drug-likeness (QED) is 0.433. The number of amides is 1. The number of nitrogens with zero attached hydrogens (tertiary/aromatic N) is 4. The van der Waals surface area contributed by atoms with Crippen LogP contribution >= 0.6 is 0 Å². The monoisotopic (exact) mass is 410 g/mol. The fourth-order valence-electron chi connectivity index (χ4n) is 3.66. The molecule has 31 heavy (non-hydrogen) atoms. The highest BCUT2D eigenvalue weighted by Gasteiger charge is 2.19. The second-order valence-electron chi connectivity index (χ2n) is 7.18. The van der Waals surface area contributed by atoms with Gasteiger partial charge >= 0.3 is 0 Å². The summed E-state index contributed by atoms with van der Waals surface area (Å²) in [5.41, 5.74) is 4.74. The van der Waals surface area contributed by atoms with Crippen molar-refractivity contribution in [2.75, 3.05) is 0 Å². The molecular formula is C23H18N6O2. The summed E-state index contributed by atoms with van der Waals surface area (Å²) < 4.78 is 1.79. The van der Waals surface area contributed by atoms with Crippen LogP contribution in [0.25, 0.3) is 33.2 Å². The lowest BCUT2D eigenvalue weighted by Gasteiger charge is -2.11. The molecule has 0 spiro atoms. The molecule has 8 nitrogen and oxygen atoms in total. The number of pyridine rings is 1. The molecule has 0 aliphatic heterocycles. The van der Waals surface area contributed by atoms with Crippen molar-refractivity contribution >= 4 is 34.1 Å². The Bertz CT molecular complexity index is 1410. The number of aldehydes is 1. The van der Waals surface area contributed by atoms with Crippen molar-refractivity contribution in [1.29, 1.82) is 0 Å². The SMILES string of the molecule is Cn1nc(-c2ccncc2)c2cc3nc(C(=O)N[C@H](C=O)c4ccccc4)[nH]c3cc21. The van der Waals surface area contributed by atoms with E-state index in [0.29, 0.717) is 22.9 Å². The van der Waals surface area contributed by atoms with Crippen LogP contribution in [0.4, 0.5) is 0 Å². The number of aromatic amines is 1. The third-order valence-electron chi connectivity index (χ3n) is 5.20. The van der Waals surface area contributed by atoms with Gasteiger partial charge in [0.05, 0.1) is 16.6 Å². The Morgan fingerprint density at radius 1 is 1.13 bits per heavy atom. The number of aromatic nitrogens is 5. The van der Waals surface area contributed by atoms with Gasteiger partial charge in [-0.25, -0.2) is 4.98 Å². The number of fused-ring (bicyclic) bond motifs is 2. The molecule has 2 N–H and O–H groups in total. The van der Waals surface area contributed by atoms with Gasteiger partial charge in [-0.2, -0.15) is 5.10 Å². The number of imidazole rings is 1. The number of nitrogens with one attached hydrogen (secondary N) is 2. The number of H-pyrrole nitrogens is 1. The summed E-state index contributed by atoms with van der Waals surface area (Å²) in [5, 5.41) is 8.28. The van der Waals surface area contributed by atoms with Gasteiger partial charge in [0.1, 0.15) is 18.0 Å². The van der Waals surface area contributed by atoms with E-state index in [1.807, 2.05) is 49.5 Å². The number of aryl methyl sites for hydroxylation is 1. The zero-order valence-corrected chi connectivity index (χ0v) is 16.6. The molecule has 3 heterocycles. The van der Waals surface area contributed by atoms with E-state index >= 15 is 0 Å². The van der Waals surface area contributed by atoms with E-state index in [1.54, 1.807) is 29.2 Å². The molecule has 0 saturated heterocycles. The van der Waals surface area contributed by atoms with Crippen LogP contribution in [-0.4, -0.2) is 36.9 Å². The number of hydrogen-bond acceptors (Lipinski definition) is 5. The lowest BCUT2D eigenvalue weighted by atomic mass is 10.1.